The molecule has 7 aromatic rings. The summed E-state index contributed by atoms with van der Waals surface area (Å²) in [7, 11) is 0. The van der Waals surface area contributed by atoms with Gasteiger partial charge in [-0.3, -0.25) is 9.97 Å². The fraction of sp³-hybridized carbons (Fsp3) is 0.0811. The molecule has 2 aromatic heterocycles. The van der Waals surface area contributed by atoms with E-state index in [1.165, 1.54) is 60.1 Å². The lowest BCUT2D eigenvalue weighted by molar-refractivity contribution is 0.672. The third-order valence-corrected chi connectivity index (χ3v) is 8.50. The molecule has 0 spiro atoms. The molecule has 2 heteroatoms. The summed E-state index contributed by atoms with van der Waals surface area (Å²) in [5.74, 6) is 0. The molecule has 0 aliphatic heterocycles. The Morgan fingerprint density at radius 1 is 0.487 bits per heavy atom. The number of hydrogen-bond acceptors (Lipinski definition) is 2. The largest absolute Gasteiger partial charge is 0.255 e. The number of pyridine rings is 2. The molecule has 0 unspecified atom stereocenters. The molecule has 1 aliphatic rings. The number of nitrogens with zero attached hydrogens (tertiary/aromatic N) is 2. The van der Waals surface area contributed by atoms with E-state index >= 15 is 0 Å². The molecule has 1 aliphatic carbocycles. The molecule has 5 aromatic carbocycles. The van der Waals surface area contributed by atoms with Gasteiger partial charge in [-0.2, -0.15) is 0 Å². The minimum atomic E-state index is -0.145. The van der Waals surface area contributed by atoms with Gasteiger partial charge in [-0.15, -0.1) is 0 Å². The van der Waals surface area contributed by atoms with Gasteiger partial charge in [0.15, 0.2) is 0 Å². The van der Waals surface area contributed by atoms with Crippen LogP contribution in [-0.4, -0.2) is 9.97 Å². The molecule has 0 fully saturated rings. The van der Waals surface area contributed by atoms with Gasteiger partial charge >= 0.3 is 0 Å². The van der Waals surface area contributed by atoms with E-state index in [1.807, 2.05) is 30.6 Å². The minimum Gasteiger partial charge on any atom is -0.255 e. The van der Waals surface area contributed by atoms with Crippen molar-refractivity contribution in [2.45, 2.75) is 19.3 Å². The van der Waals surface area contributed by atoms with Gasteiger partial charge in [0.2, 0.25) is 0 Å². The maximum Gasteiger partial charge on any atom is 0.0886 e. The van der Waals surface area contributed by atoms with Crippen LogP contribution in [0.15, 0.2) is 122 Å². The topological polar surface area (TPSA) is 25.8 Å². The summed E-state index contributed by atoms with van der Waals surface area (Å²) in [6.45, 7) is 4.79. The van der Waals surface area contributed by atoms with Crippen molar-refractivity contribution >= 4 is 32.3 Å². The first-order valence-corrected chi connectivity index (χ1v) is 13.5. The predicted octanol–water partition coefficient (Wildman–Crippen LogP) is 9.58. The average molecular weight is 499 g/mol. The van der Waals surface area contributed by atoms with E-state index in [-0.39, 0.29) is 5.41 Å². The van der Waals surface area contributed by atoms with Gasteiger partial charge in [-0.25, -0.2) is 0 Å². The molecule has 0 saturated carbocycles. The first kappa shape index (κ1) is 22.2. The maximum absolute atomic E-state index is 4.83. The predicted molar refractivity (Wildman–Crippen MR) is 163 cm³/mol. The molecule has 0 bridgehead atoms. The van der Waals surface area contributed by atoms with Gasteiger partial charge in [-0.05, 0) is 84.4 Å². The van der Waals surface area contributed by atoms with Gasteiger partial charge < -0.3 is 0 Å². The normalized spacial score (nSPS) is 13.6. The van der Waals surface area contributed by atoms with E-state index in [1.54, 1.807) is 0 Å². The van der Waals surface area contributed by atoms with Crippen LogP contribution >= 0.6 is 0 Å². The van der Waals surface area contributed by atoms with Crippen LogP contribution in [0, 0.1) is 0 Å². The Bertz CT molecular complexity index is 2070. The summed E-state index contributed by atoms with van der Waals surface area (Å²) in [5.41, 5.74) is 9.50. The summed E-state index contributed by atoms with van der Waals surface area (Å²) in [5, 5.41) is 7.88. The highest BCUT2D eigenvalue weighted by molar-refractivity contribution is 6.20. The standard InChI is InChI=1S/C37H26N2/c1-37(2)35-28-15-7-5-13-26(28)30(23-18-19-33(39-22-23)32-17-9-10-20-38-32)21-31(35)34-27-14-6-3-11-24(27)25-12-4-8-16-29(25)36(34)37/h3-22H,1-2H3. The minimum absolute atomic E-state index is 0.145. The fourth-order valence-electron chi connectivity index (χ4n) is 6.90. The quantitative estimate of drug-likeness (QED) is 0.222. The van der Waals surface area contributed by atoms with Crippen molar-refractivity contribution in [3.05, 3.63) is 133 Å². The van der Waals surface area contributed by atoms with Crippen LogP contribution in [0.1, 0.15) is 25.0 Å². The molecule has 0 saturated heterocycles. The van der Waals surface area contributed by atoms with Crippen molar-refractivity contribution in [2.75, 3.05) is 0 Å². The number of benzene rings is 5. The zero-order valence-corrected chi connectivity index (χ0v) is 21.9. The molecule has 0 N–H and O–H groups in total. The lowest BCUT2D eigenvalue weighted by Crippen LogP contribution is -2.16. The Morgan fingerprint density at radius 3 is 1.74 bits per heavy atom. The number of fused-ring (bicyclic) bond motifs is 10. The Balaban J connectivity index is 1.46. The number of hydrogen-bond donors (Lipinski definition) is 0. The summed E-state index contributed by atoms with van der Waals surface area (Å²) in [6.07, 6.45) is 3.81. The summed E-state index contributed by atoms with van der Waals surface area (Å²) >= 11 is 0. The van der Waals surface area contributed by atoms with Crippen molar-refractivity contribution in [3.63, 3.8) is 0 Å². The van der Waals surface area contributed by atoms with Crippen LogP contribution in [-0.2, 0) is 5.41 Å². The number of rotatable bonds is 2. The Hall–Kier alpha value is -4.82. The highest BCUT2D eigenvalue weighted by atomic mass is 14.8. The average Bonchev–Trinajstić information content (AvgIpc) is 3.24. The molecule has 39 heavy (non-hydrogen) atoms. The van der Waals surface area contributed by atoms with Crippen LogP contribution < -0.4 is 0 Å². The molecule has 0 radical (unpaired) electrons. The van der Waals surface area contributed by atoms with Crippen molar-refractivity contribution in [1.82, 2.24) is 9.97 Å². The number of aromatic nitrogens is 2. The Labute approximate surface area is 227 Å². The van der Waals surface area contributed by atoms with Crippen LogP contribution in [0.4, 0.5) is 0 Å². The van der Waals surface area contributed by atoms with Gasteiger partial charge in [-0.1, -0.05) is 98.8 Å². The Kier molecular flexibility index (Phi) is 4.60. The molecule has 184 valence electrons. The van der Waals surface area contributed by atoms with Crippen LogP contribution in [0.3, 0.4) is 0 Å². The summed E-state index contributed by atoms with van der Waals surface area (Å²) < 4.78 is 0. The van der Waals surface area contributed by atoms with E-state index in [0.717, 1.165) is 17.0 Å². The molecular formula is C37H26N2. The zero-order chi connectivity index (χ0) is 26.1. The van der Waals surface area contributed by atoms with E-state index < -0.39 is 0 Å². The van der Waals surface area contributed by atoms with Crippen molar-refractivity contribution < 1.29 is 0 Å². The highest BCUT2D eigenvalue weighted by Gasteiger charge is 2.40. The molecule has 2 heterocycles. The first-order chi connectivity index (χ1) is 19.1. The summed E-state index contributed by atoms with van der Waals surface area (Å²) in [6, 6.07) is 39.3. The first-order valence-electron chi connectivity index (χ1n) is 13.5. The van der Waals surface area contributed by atoms with Gasteiger partial charge in [0, 0.05) is 23.4 Å². The van der Waals surface area contributed by atoms with Crippen LogP contribution in [0.2, 0.25) is 0 Å². The third kappa shape index (κ3) is 3.09. The molecule has 0 amide bonds. The highest BCUT2D eigenvalue weighted by Crippen LogP contribution is 2.57. The summed E-state index contributed by atoms with van der Waals surface area (Å²) in [4.78, 5) is 9.31. The smallest absolute Gasteiger partial charge is 0.0886 e. The molecule has 2 nitrogen and oxygen atoms in total. The monoisotopic (exact) mass is 498 g/mol. The maximum atomic E-state index is 4.83. The van der Waals surface area contributed by atoms with Gasteiger partial charge in [0.05, 0.1) is 11.4 Å². The van der Waals surface area contributed by atoms with Gasteiger partial charge in [0.25, 0.3) is 0 Å². The van der Waals surface area contributed by atoms with Crippen molar-refractivity contribution in [3.8, 4) is 33.6 Å². The molecular weight excluding hydrogens is 472 g/mol. The van der Waals surface area contributed by atoms with Crippen LogP contribution in [0.5, 0.6) is 0 Å². The second kappa shape index (κ2) is 8.09. The second-order valence-electron chi connectivity index (χ2n) is 11.0. The van der Waals surface area contributed by atoms with E-state index in [0.29, 0.717) is 0 Å². The molecule has 0 atom stereocenters. The van der Waals surface area contributed by atoms with Crippen molar-refractivity contribution in [2.24, 2.45) is 0 Å². The third-order valence-electron chi connectivity index (χ3n) is 8.50. The SMILES string of the molecule is CC1(C)c2c(cc(-c3ccc(-c4ccccn4)nc3)c3ccccc23)-c2c1c1ccccc1c1ccccc21. The van der Waals surface area contributed by atoms with E-state index in [4.69, 9.17) is 4.98 Å². The van der Waals surface area contributed by atoms with E-state index in [9.17, 15) is 0 Å². The zero-order valence-electron chi connectivity index (χ0n) is 21.9. The lowest BCUT2D eigenvalue weighted by Gasteiger charge is -2.25. The second-order valence-corrected chi connectivity index (χ2v) is 11.0. The molecule has 8 rings (SSSR count). The van der Waals surface area contributed by atoms with Crippen LogP contribution in [0.25, 0.3) is 66.0 Å². The fourth-order valence-corrected chi connectivity index (χ4v) is 6.90. The Morgan fingerprint density at radius 2 is 1.08 bits per heavy atom. The van der Waals surface area contributed by atoms with Crippen molar-refractivity contribution in [1.29, 1.82) is 0 Å². The lowest BCUT2D eigenvalue weighted by atomic mass is 9.77. The van der Waals surface area contributed by atoms with E-state index in [2.05, 4.69) is 110 Å². The van der Waals surface area contributed by atoms with Gasteiger partial charge in [0.1, 0.15) is 0 Å².